The van der Waals surface area contributed by atoms with Crippen LogP contribution >= 0.6 is 11.3 Å². The number of piperazine rings is 1. The van der Waals surface area contributed by atoms with Gasteiger partial charge in [-0.3, -0.25) is 4.90 Å². The van der Waals surface area contributed by atoms with Gasteiger partial charge in [-0.05, 0) is 25.7 Å². The molecule has 4 heteroatoms. The van der Waals surface area contributed by atoms with Gasteiger partial charge in [-0.2, -0.15) is 0 Å². The molecular weight excluding hydrogens is 278 g/mol. The molecular formula is C17H31N3S. The van der Waals surface area contributed by atoms with E-state index in [2.05, 4.69) is 56.0 Å². The summed E-state index contributed by atoms with van der Waals surface area (Å²) in [5.74, 6) is 0.736. The predicted molar refractivity (Wildman–Crippen MR) is 91.9 cm³/mol. The first kappa shape index (κ1) is 16.9. The van der Waals surface area contributed by atoms with Crippen molar-refractivity contribution in [2.75, 3.05) is 13.1 Å². The van der Waals surface area contributed by atoms with Crippen molar-refractivity contribution in [2.24, 2.45) is 5.92 Å². The van der Waals surface area contributed by atoms with Gasteiger partial charge in [0, 0.05) is 36.2 Å². The summed E-state index contributed by atoms with van der Waals surface area (Å²) >= 11 is 1.89. The third kappa shape index (κ3) is 3.85. The second kappa shape index (κ2) is 7.70. The molecule has 1 fully saturated rings. The maximum absolute atomic E-state index is 4.68. The minimum atomic E-state index is 0.439. The van der Waals surface area contributed by atoms with E-state index in [0.29, 0.717) is 18.1 Å². The Morgan fingerprint density at radius 2 is 2.14 bits per heavy atom. The first-order chi connectivity index (χ1) is 10.1. The zero-order valence-electron chi connectivity index (χ0n) is 14.2. The number of aromatic nitrogens is 1. The Balaban J connectivity index is 2.12. The number of hydrogen-bond donors (Lipinski definition) is 1. The summed E-state index contributed by atoms with van der Waals surface area (Å²) in [4.78, 5) is 8.76. The maximum atomic E-state index is 4.68. The summed E-state index contributed by atoms with van der Waals surface area (Å²) < 4.78 is 0. The number of nitrogens with one attached hydrogen (secondary N) is 1. The second-order valence-electron chi connectivity index (χ2n) is 6.35. The highest BCUT2D eigenvalue weighted by Crippen LogP contribution is 2.30. The van der Waals surface area contributed by atoms with Crippen LogP contribution in [0.15, 0.2) is 6.20 Å². The molecule has 0 aliphatic carbocycles. The normalized spacial score (nSPS) is 26.7. The molecule has 1 N–H and O–H groups in total. The number of hydrogen-bond acceptors (Lipinski definition) is 4. The summed E-state index contributed by atoms with van der Waals surface area (Å²) in [7, 11) is 0. The van der Waals surface area contributed by atoms with Gasteiger partial charge in [-0.25, -0.2) is 4.98 Å². The van der Waals surface area contributed by atoms with Crippen molar-refractivity contribution in [1.29, 1.82) is 0 Å². The average Bonchev–Trinajstić information content (AvgIpc) is 3.01. The highest BCUT2D eigenvalue weighted by atomic mass is 32.1. The molecule has 4 atom stereocenters. The summed E-state index contributed by atoms with van der Waals surface area (Å²) in [6, 6.07) is 1.69. The van der Waals surface area contributed by atoms with E-state index >= 15 is 0 Å². The van der Waals surface area contributed by atoms with E-state index in [9.17, 15) is 0 Å². The SMILES string of the molecule is CCc1cnc(C(C)N2CC(C(C)CC)NCC2CC)s1. The second-order valence-corrected chi connectivity index (χ2v) is 7.50. The van der Waals surface area contributed by atoms with Crippen molar-refractivity contribution in [2.45, 2.75) is 72.0 Å². The molecule has 1 aromatic rings. The topological polar surface area (TPSA) is 28.2 Å². The Morgan fingerprint density at radius 1 is 1.38 bits per heavy atom. The lowest BCUT2D eigenvalue weighted by atomic mass is 9.94. The van der Waals surface area contributed by atoms with Crippen LogP contribution in [0.5, 0.6) is 0 Å². The zero-order valence-corrected chi connectivity index (χ0v) is 15.0. The number of nitrogens with zero attached hydrogens (tertiary/aromatic N) is 2. The van der Waals surface area contributed by atoms with Crippen molar-refractivity contribution in [3.8, 4) is 0 Å². The van der Waals surface area contributed by atoms with Crippen LogP contribution in [-0.2, 0) is 6.42 Å². The van der Waals surface area contributed by atoms with Crippen molar-refractivity contribution in [1.82, 2.24) is 15.2 Å². The van der Waals surface area contributed by atoms with Crippen LogP contribution in [0.1, 0.15) is 63.4 Å². The highest BCUT2D eigenvalue weighted by Gasteiger charge is 2.33. The Labute approximate surface area is 134 Å². The lowest BCUT2D eigenvalue weighted by molar-refractivity contribution is 0.0705. The Kier molecular flexibility index (Phi) is 6.20. The van der Waals surface area contributed by atoms with Gasteiger partial charge >= 0.3 is 0 Å². The fourth-order valence-corrected chi connectivity index (χ4v) is 4.12. The van der Waals surface area contributed by atoms with E-state index < -0.39 is 0 Å². The molecule has 0 bridgehead atoms. The molecule has 2 rings (SSSR count). The smallest absolute Gasteiger partial charge is 0.110 e. The molecule has 0 spiro atoms. The van der Waals surface area contributed by atoms with Crippen molar-refractivity contribution < 1.29 is 0 Å². The molecule has 1 aromatic heterocycles. The monoisotopic (exact) mass is 309 g/mol. The van der Waals surface area contributed by atoms with E-state index in [1.165, 1.54) is 22.7 Å². The summed E-state index contributed by atoms with van der Waals surface area (Å²) in [6.07, 6.45) is 5.61. The lowest BCUT2D eigenvalue weighted by Crippen LogP contribution is -2.58. The maximum Gasteiger partial charge on any atom is 0.110 e. The summed E-state index contributed by atoms with van der Waals surface area (Å²) in [5, 5.41) is 5.05. The molecule has 0 saturated carbocycles. The van der Waals surface area contributed by atoms with Gasteiger partial charge in [0.25, 0.3) is 0 Å². The van der Waals surface area contributed by atoms with Crippen LogP contribution in [-0.4, -0.2) is 35.1 Å². The fourth-order valence-electron chi connectivity index (χ4n) is 3.19. The standard InChI is InChI=1S/C17H31N3S/c1-6-12(4)16-11-20(14(7-2)9-18-16)13(5)17-19-10-15(8-3)21-17/h10,12-14,16,18H,6-9,11H2,1-5H3. The van der Waals surface area contributed by atoms with Crippen LogP contribution in [0.3, 0.4) is 0 Å². The predicted octanol–water partition coefficient (Wildman–Crippen LogP) is 3.87. The van der Waals surface area contributed by atoms with Crippen molar-refractivity contribution in [3.63, 3.8) is 0 Å². The largest absolute Gasteiger partial charge is 0.311 e. The lowest BCUT2D eigenvalue weighted by Gasteiger charge is -2.44. The van der Waals surface area contributed by atoms with Crippen LogP contribution < -0.4 is 5.32 Å². The van der Waals surface area contributed by atoms with Crippen LogP contribution in [0.25, 0.3) is 0 Å². The summed E-state index contributed by atoms with van der Waals surface area (Å²) in [6.45, 7) is 13.8. The van der Waals surface area contributed by atoms with Crippen LogP contribution in [0.2, 0.25) is 0 Å². The van der Waals surface area contributed by atoms with Crippen LogP contribution in [0.4, 0.5) is 0 Å². The van der Waals surface area contributed by atoms with E-state index in [1.54, 1.807) is 0 Å². The van der Waals surface area contributed by atoms with E-state index in [0.717, 1.165) is 25.4 Å². The van der Waals surface area contributed by atoms with Gasteiger partial charge in [0.05, 0.1) is 6.04 Å². The molecule has 0 amide bonds. The summed E-state index contributed by atoms with van der Waals surface area (Å²) in [5.41, 5.74) is 0. The van der Waals surface area contributed by atoms with Crippen molar-refractivity contribution >= 4 is 11.3 Å². The molecule has 21 heavy (non-hydrogen) atoms. The number of rotatable bonds is 6. The van der Waals surface area contributed by atoms with Crippen LogP contribution in [0, 0.1) is 5.92 Å². The van der Waals surface area contributed by atoms with Gasteiger partial charge in [-0.15, -0.1) is 11.3 Å². The Bertz CT molecular complexity index is 431. The minimum Gasteiger partial charge on any atom is -0.311 e. The van der Waals surface area contributed by atoms with Gasteiger partial charge in [-0.1, -0.05) is 34.1 Å². The first-order valence-electron chi connectivity index (χ1n) is 8.54. The third-order valence-corrected chi connectivity index (χ3v) is 6.38. The van der Waals surface area contributed by atoms with E-state index in [-0.39, 0.29) is 0 Å². The van der Waals surface area contributed by atoms with E-state index in [1.807, 2.05) is 11.3 Å². The quantitative estimate of drug-likeness (QED) is 0.865. The molecule has 120 valence electrons. The van der Waals surface area contributed by atoms with Gasteiger partial charge in [0.15, 0.2) is 0 Å². The first-order valence-corrected chi connectivity index (χ1v) is 9.35. The Morgan fingerprint density at radius 3 is 2.71 bits per heavy atom. The number of aryl methyl sites for hydroxylation is 1. The van der Waals surface area contributed by atoms with E-state index in [4.69, 9.17) is 0 Å². The molecule has 1 aliphatic heterocycles. The van der Waals surface area contributed by atoms with Gasteiger partial charge in [0.1, 0.15) is 5.01 Å². The van der Waals surface area contributed by atoms with Gasteiger partial charge < -0.3 is 5.32 Å². The van der Waals surface area contributed by atoms with Gasteiger partial charge in [0.2, 0.25) is 0 Å². The number of thiazole rings is 1. The minimum absolute atomic E-state index is 0.439. The average molecular weight is 310 g/mol. The van der Waals surface area contributed by atoms with Crippen molar-refractivity contribution in [3.05, 3.63) is 16.1 Å². The molecule has 1 saturated heterocycles. The molecule has 0 radical (unpaired) electrons. The molecule has 2 heterocycles. The molecule has 4 unspecified atom stereocenters. The Hall–Kier alpha value is -0.450. The third-order valence-electron chi connectivity index (χ3n) is 5.07. The molecule has 3 nitrogen and oxygen atoms in total. The highest BCUT2D eigenvalue weighted by molar-refractivity contribution is 7.11. The fraction of sp³-hybridized carbons (Fsp3) is 0.824. The zero-order chi connectivity index (χ0) is 15.4. The molecule has 0 aromatic carbocycles. The molecule has 1 aliphatic rings.